The van der Waals surface area contributed by atoms with E-state index in [1.54, 1.807) is 56.5 Å². The fourth-order valence-corrected chi connectivity index (χ4v) is 3.44. The van der Waals surface area contributed by atoms with Crippen molar-refractivity contribution in [3.05, 3.63) is 64.0 Å². The summed E-state index contributed by atoms with van der Waals surface area (Å²) >= 11 is 12.0. The van der Waals surface area contributed by atoms with E-state index in [0.717, 1.165) is 4.90 Å². The molecule has 1 saturated heterocycles. The van der Waals surface area contributed by atoms with E-state index in [1.165, 1.54) is 0 Å². The summed E-state index contributed by atoms with van der Waals surface area (Å²) in [5.41, 5.74) is -0.0842. The van der Waals surface area contributed by atoms with Crippen molar-refractivity contribution in [2.45, 2.75) is 19.0 Å². The highest BCUT2D eigenvalue weighted by molar-refractivity contribution is 6.42. The zero-order valence-electron chi connectivity index (χ0n) is 16.0. The average Bonchev–Trinajstić information content (AvgIpc) is 3.29. The van der Waals surface area contributed by atoms with Crippen LogP contribution < -0.4 is 10.1 Å². The van der Waals surface area contributed by atoms with Crippen molar-refractivity contribution in [3.8, 4) is 17.2 Å². The third-order valence-electron chi connectivity index (χ3n) is 4.87. The SMILES string of the molecule is COc1ccc(-c2nnc(CN3C(=O)NC(C)(c4ccc(Cl)c(Cl)c4)C3=O)o2)cc1. The predicted molar refractivity (Wildman–Crippen MR) is 109 cm³/mol. The normalized spacial score (nSPS) is 18.6. The van der Waals surface area contributed by atoms with Crippen LogP contribution in [0.5, 0.6) is 5.75 Å². The Hall–Kier alpha value is -3.10. The molecule has 2 aromatic carbocycles. The van der Waals surface area contributed by atoms with E-state index in [-0.39, 0.29) is 23.3 Å². The fourth-order valence-electron chi connectivity index (χ4n) is 3.15. The van der Waals surface area contributed by atoms with Gasteiger partial charge in [0.25, 0.3) is 5.91 Å². The van der Waals surface area contributed by atoms with Crippen LogP contribution in [0.1, 0.15) is 18.4 Å². The number of rotatable bonds is 5. The predicted octanol–water partition coefficient (Wildman–Crippen LogP) is 4.02. The average molecular weight is 447 g/mol. The standard InChI is InChI=1S/C20H16Cl2N4O4/c1-20(12-5-8-14(21)15(22)9-12)18(27)26(19(28)23-20)10-16-24-25-17(30-16)11-3-6-13(29-2)7-4-11/h3-9H,10H2,1-2H3,(H,23,28). The van der Waals surface area contributed by atoms with Gasteiger partial charge in [0.15, 0.2) is 0 Å². The van der Waals surface area contributed by atoms with Gasteiger partial charge in [-0.15, -0.1) is 10.2 Å². The van der Waals surface area contributed by atoms with E-state index in [2.05, 4.69) is 15.5 Å². The molecule has 1 aromatic heterocycles. The quantitative estimate of drug-likeness (QED) is 0.594. The van der Waals surface area contributed by atoms with Crippen LogP contribution >= 0.6 is 23.2 Å². The molecule has 3 aromatic rings. The summed E-state index contributed by atoms with van der Waals surface area (Å²) in [6, 6.07) is 11.3. The highest BCUT2D eigenvalue weighted by Crippen LogP contribution is 2.33. The largest absolute Gasteiger partial charge is 0.497 e. The van der Waals surface area contributed by atoms with Crippen LogP contribution in [0.2, 0.25) is 10.0 Å². The number of benzene rings is 2. The second kappa shape index (κ2) is 7.62. The van der Waals surface area contributed by atoms with Gasteiger partial charge in [-0.1, -0.05) is 29.3 Å². The first kappa shape index (κ1) is 20.2. The Morgan fingerprint density at radius 2 is 1.83 bits per heavy atom. The molecule has 30 heavy (non-hydrogen) atoms. The van der Waals surface area contributed by atoms with Crippen LogP contribution in [0.25, 0.3) is 11.5 Å². The van der Waals surface area contributed by atoms with E-state index in [1.807, 2.05) is 0 Å². The first-order chi connectivity index (χ1) is 14.3. The summed E-state index contributed by atoms with van der Waals surface area (Å²) in [5, 5.41) is 11.3. The number of hydrogen-bond acceptors (Lipinski definition) is 6. The summed E-state index contributed by atoms with van der Waals surface area (Å²) < 4.78 is 10.8. The summed E-state index contributed by atoms with van der Waals surface area (Å²) in [7, 11) is 1.57. The Labute approximate surface area is 181 Å². The monoisotopic (exact) mass is 446 g/mol. The first-order valence-corrected chi connectivity index (χ1v) is 9.64. The van der Waals surface area contributed by atoms with E-state index >= 15 is 0 Å². The number of nitrogens with zero attached hydrogens (tertiary/aromatic N) is 3. The third kappa shape index (κ3) is 3.48. The number of nitrogens with one attached hydrogen (secondary N) is 1. The minimum absolute atomic E-state index is 0.128. The number of amides is 3. The second-order valence-electron chi connectivity index (χ2n) is 6.80. The number of carbonyl (C=O) groups is 2. The molecule has 0 aliphatic carbocycles. The minimum atomic E-state index is -1.29. The molecule has 1 fully saturated rings. The minimum Gasteiger partial charge on any atom is -0.497 e. The van der Waals surface area contributed by atoms with E-state index < -0.39 is 17.5 Å². The molecule has 154 valence electrons. The zero-order chi connectivity index (χ0) is 21.5. The highest BCUT2D eigenvalue weighted by atomic mass is 35.5. The molecule has 0 bridgehead atoms. The molecule has 3 amide bonds. The molecule has 8 nitrogen and oxygen atoms in total. The van der Waals surface area contributed by atoms with Crippen molar-refractivity contribution in [2.24, 2.45) is 0 Å². The maximum atomic E-state index is 13.0. The van der Waals surface area contributed by atoms with Gasteiger partial charge in [-0.2, -0.15) is 0 Å². The lowest BCUT2D eigenvalue weighted by Gasteiger charge is -2.22. The van der Waals surface area contributed by atoms with Gasteiger partial charge >= 0.3 is 6.03 Å². The maximum Gasteiger partial charge on any atom is 0.325 e. The number of aromatic nitrogens is 2. The van der Waals surface area contributed by atoms with Gasteiger partial charge in [-0.25, -0.2) is 4.79 Å². The summed E-state index contributed by atoms with van der Waals surface area (Å²) in [4.78, 5) is 26.6. The zero-order valence-corrected chi connectivity index (χ0v) is 17.5. The number of ether oxygens (including phenoxy) is 1. The van der Waals surface area contributed by atoms with Crippen LogP contribution in [-0.4, -0.2) is 34.1 Å². The lowest BCUT2D eigenvalue weighted by Crippen LogP contribution is -2.40. The molecule has 1 aliphatic rings. The van der Waals surface area contributed by atoms with Crippen molar-refractivity contribution >= 4 is 35.1 Å². The topological polar surface area (TPSA) is 97.6 Å². The van der Waals surface area contributed by atoms with Crippen molar-refractivity contribution < 1.29 is 18.7 Å². The summed E-state index contributed by atoms with van der Waals surface area (Å²) in [6.07, 6.45) is 0. The number of imide groups is 1. The van der Waals surface area contributed by atoms with Gasteiger partial charge in [0.1, 0.15) is 17.8 Å². The van der Waals surface area contributed by atoms with Gasteiger partial charge in [0.2, 0.25) is 11.8 Å². The molecule has 1 N–H and O–H groups in total. The lowest BCUT2D eigenvalue weighted by molar-refractivity contribution is -0.131. The van der Waals surface area contributed by atoms with Crippen LogP contribution in [0.3, 0.4) is 0 Å². The van der Waals surface area contributed by atoms with Gasteiger partial charge in [0.05, 0.1) is 17.2 Å². The molecule has 1 unspecified atom stereocenters. The molecular formula is C20H16Cl2N4O4. The number of halogens is 2. The molecule has 10 heteroatoms. The Morgan fingerprint density at radius 3 is 2.50 bits per heavy atom. The van der Waals surface area contributed by atoms with Crippen LogP contribution in [0.15, 0.2) is 46.9 Å². The Morgan fingerprint density at radius 1 is 1.10 bits per heavy atom. The van der Waals surface area contributed by atoms with Crippen molar-refractivity contribution in [1.29, 1.82) is 0 Å². The van der Waals surface area contributed by atoms with Crippen molar-refractivity contribution in [1.82, 2.24) is 20.4 Å². The maximum absolute atomic E-state index is 13.0. The van der Waals surface area contributed by atoms with E-state index in [4.69, 9.17) is 32.4 Å². The Kier molecular flexibility index (Phi) is 5.13. The van der Waals surface area contributed by atoms with Crippen molar-refractivity contribution in [3.63, 3.8) is 0 Å². The Bertz CT molecular complexity index is 1130. The third-order valence-corrected chi connectivity index (χ3v) is 5.61. The first-order valence-electron chi connectivity index (χ1n) is 8.88. The fraction of sp³-hybridized carbons (Fsp3) is 0.200. The van der Waals surface area contributed by atoms with Crippen LogP contribution in [-0.2, 0) is 16.9 Å². The summed E-state index contributed by atoms with van der Waals surface area (Å²) in [6.45, 7) is 1.44. The number of hydrogen-bond donors (Lipinski definition) is 1. The molecule has 4 rings (SSSR count). The second-order valence-corrected chi connectivity index (χ2v) is 7.62. The van der Waals surface area contributed by atoms with Gasteiger partial charge < -0.3 is 14.5 Å². The molecule has 0 radical (unpaired) electrons. The van der Waals surface area contributed by atoms with Crippen molar-refractivity contribution in [2.75, 3.05) is 7.11 Å². The van der Waals surface area contributed by atoms with E-state index in [0.29, 0.717) is 21.9 Å². The van der Waals surface area contributed by atoms with Crippen LogP contribution in [0.4, 0.5) is 4.79 Å². The van der Waals surface area contributed by atoms with Gasteiger partial charge in [-0.05, 0) is 48.9 Å². The molecule has 1 aliphatic heterocycles. The molecule has 1 atom stereocenters. The highest BCUT2D eigenvalue weighted by Gasteiger charge is 2.49. The molecule has 0 spiro atoms. The van der Waals surface area contributed by atoms with Gasteiger partial charge in [0, 0.05) is 5.56 Å². The summed E-state index contributed by atoms with van der Waals surface area (Å²) in [5.74, 6) is 0.629. The van der Waals surface area contributed by atoms with Crippen LogP contribution in [0, 0.1) is 0 Å². The molecular weight excluding hydrogens is 431 g/mol. The number of methoxy groups -OCH3 is 1. The smallest absolute Gasteiger partial charge is 0.325 e. The number of carbonyl (C=O) groups excluding carboxylic acids is 2. The molecule has 2 heterocycles. The van der Waals surface area contributed by atoms with Gasteiger partial charge in [-0.3, -0.25) is 9.69 Å². The Balaban J connectivity index is 1.55. The molecule has 0 saturated carbocycles. The van der Waals surface area contributed by atoms with E-state index in [9.17, 15) is 9.59 Å². The lowest BCUT2D eigenvalue weighted by atomic mass is 9.92. The number of urea groups is 1.